The Morgan fingerprint density at radius 2 is 0.556 bits per heavy atom. The SMILES string of the molecule is CCCC[Si](CCCC)(CCCC)O[Si](CCCC)(CCCC)CCCC. The smallest absolute Gasteiger partial charge is 0.179 e. The molecule has 0 atom stereocenters. The second-order valence-corrected chi connectivity index (χ2v) is 17.6. The molecule has 0 aliphatic heterocycles. The molecule has 0 rings (SSSR count). The van der Waals surface area contributed by atoms with E-state index < -0.39 is 16.6 Å². The Morgan fingerprint density at radius 1 is 0.370 bits per heavy atom. The van der Waals surface area contributed by atoms with Crippen molar-refractivity contribution in [2.45, 2.75) is 155 Å². The molecule has 164 valence electrons. The Morgan fingerprint density at radius 3 is 0.704 bits per heavy atom. The molecule has 1 nitrogen and oxygen atoms in total. The molecule has 0 saturated carbocycles. The fourth-order valence-electron chi connectivity index (χ4n) is 4.51. The van der Waals surface area contributed by atoms with E-state index in [1.807, 2.05) is 0 Å². The molecular weight excluding hydrogens is 360 g/mol. The van der Waals surface area contributed by atoms with Crippen LogP contribution in [0, 0.1) is 0 Å². The van der Waals surface area contributed by atoms with E-state index in [1.165, 1.54) is 113 Å². The second-order valence-electron chi connectivity index (χ2n) is 9.09. The highest BCUT2D eigenvalue weighted by molar-refractivity contribution is 6.87. The second kappa shape index (κ2) is 17.3. The van der Waals surface area contributed by atoms with E-state index in [1.54, 1.807) is 0 Å². The lowest BCUT2D eigenvalue weighted by Gasteiger charge is -2.43. The maximum Gasteiger partial charge on any atom is 0.179 e. The quantitative estimate of drug-likeness (QED) is 0.180. The molecule has 0 heterocycles. The molecule has 0 aromatic heterocycles. The van der Waals surface area contributed by atoms with Crippen LogP contribution in [0.2, 0.25) is 36.3 Å². The van der Waals surface area contributed by atoms with Gasteiger partial charge < -0.3 is 4.12 Å². The molecule has 0 aliphatic carbocycles. The maximum atomic E-state index is 7.72. The van der Waals surface area contributed by atoms with Crippen molar-refractivity contribution in [1.82, 2.24) is 0 Å². The third kappa shape index (κ3) is 11.9. The summed E-state index contributed by atoms with van der Waals surface area (Å²) in [5.74, 6) is 0. The van der Waals surface area contributed by atoms with Crippen molar-refractivity contribution < 1.29 is 4.12 Å². The van der Waals surface area contributed by atoms with E-state index in [2.05, 4.69) is 41.5 Å². The van der Waals surface area contributed by atoms with Gasteiger partial charge in [0.15, 0.2) is 16.6 Å². The lowest BCUT2D eigenvalue weighted by molar-refractivity contribution is 0.475. The molecular formula is C24H54OSi2. The van der Waals surface area contributed by atoms with Crippen molar-refractivity contribution in [1.29, 1.82) is 0 Å². The molecule has 3 heteroatoms. The summed E-state index contributed by atoms with van der Waals surface area (Å²) in [5.41, 5.74) is 0. The molecule has 27 heavy (non-hydrogen) atoms. The van der Waals surface area contributed by atoms with Crippen molar-refractivity contribution >= 4 is 16.6 Å². The summed E-state index contributed by atoms with van der Waals surface area (Å²) < 4.78 is 7.72. The summed E-state index contributed by atoms with van der Waals surface area (Å²) in [4.78, 5) is 0. The number of unbranched alkanes of at least 4 members (excludes halogenated alkanes) is 6. The van der Waals surface area contributed by atoms with Crippen LogP contribution in [-0.4, -0.2) is 16.6 Å². The minimum absolute atomic E-state index is 1.34. The molecule has 0 aromatic rings. The zero-order valence-electron chi connectivity index (χ0n) is 20.1. The topological polar surface area (TPSA) is 9.23 Å². The molecule has 0 aromatic carbocycles. The fraction of sp³-hybridized carbons (Fsp3) is 1.00. The van der Waals surface area contributed by atoms with Gasteiger partial charge in [0.25, 0.3) is 0 Å². The van der Waals surface area contributed by atoms with E-state index in [9.17, 15) is 0 Å². The highest BCUT2D eigenvalue weighted by Crippen LogP contribution is 2.39. The Balaban J connectivity index is 5.66. The number of hydrogen-bond acceptors (Lipinski definition) is 1. The standard InChI is InChI=1S/C24H54OSi2/c1-7-13-19-26(20-14-8-2,21-15-9-3)25-27(22-16-10-4,23-17-11-5)24-18-12-6/h7-24H2,1-6H3. The van der Waals surface area contributed by atoms with Crippen molar-refractivity contribution in [3.05, 3.63) is 0 Å². The lowest BCUT2D eigenvalue weighted by atomic mass is 10.4. The van der Waals surface area contributed by atoms with Crippen LogP contribution >= 0.6 is 0 Å². The first-order valence-electron chi connectivity index (χ1n) is 12.8. The minimum atomic E-state index is -1.58. The average molecular weight is 415 g/mol. The van der Waals surface area contributed by atoms with Gasteiger partial charge in [-0.05, 0) is 36.3 Å². The molecule has 0 spiro atoms. The van der Waals surface area contributed by atoms with Crippen LogP contribution in [0.1, 0.15) is 119 Å². The zero-order chi connectivity index (χ0) is 20.4. The van der Waals surface area contributed by atoms with Gasteiger partial charge in [0.05, 0.1) is 0 Å². The fourth-order valence-corrected chi connectivity index (χ4v) is 18.1. The van der Waals surface area contributed by atoms with Crippen LogP contribution in [0.4, 0.5) is 0 Å². The van der Waals surface area contributed by atoms with Gasteiger partial charge in [0.2, 0.25) is 0 Å². The van der Waals surface area contributed by atoms with Crippen molar-refractivity contribution in [2.24, 2.45) is 0 Å². The first-order valence-corrected chi connectivity index (χ1v) is 17.8. The first kappa shape index (κ1) is 27.4. The Bertz CT molecular complexity index is 246. The Kier molecular flexibility index (Phi) is 17.5. The van der Waals surface area contributed by atoms with Gasteiger partial charge in [-0.2, -0.15) is 0 Å². The van der Waals surface area contributed by atoms with Gasteiger partial charge in [-0.25, -0.2) is 0 Å². The van der Waals surface area contributed by atoms with Crippen molar-refractivity contribution in [3.63, 3.8) is 0 Å². The minimum Gasteiger partial charge on any atom is -0.455 e. The van der Waals surface area contributed by atoms with E-state index >= 15 is 0 Å². The Labute approximate surface area is 175 Å². The van der Waals surface area contributed by atoms with E-state index in [0.717, 1.165) is 0 Å². The number of rotatable bonds is 20. The number of hydrogen-bond donors (Lipinski definition) is 0. The van der Waals surface area contributed by atoms with Gasteiger partial charge in [-0.3, -0.25) is 0 Å². The highest BCUT2D eigenvalue weighted by atomic mass is 28.4. The molecule has 0 bridgehead atoms. The van der Waals surface area contributed by atoms with Crippen molar-refractivity contribution in [2.75, 3.05) is 0 Å². The van der Waals surface area contributed by atoms with E-state index in [4.69, 9.17) is 4.12 Å². The van der Waals surface area contributed by atoms with E-state index in [0.29, 0.717) is 0 Å². The molecule has 0 aliphatic rings. The molecule has 0 radical (unpaired) electrons. The first-order chi connectivity index (χ1) is 13.1. The molecule has 0 unspecified atom stereocenters. The zero-order valence-corrected chi connectivity index (χ0v) is 22.1. The molecule has 0 saturated heterocycles. The molecule has 0 fully saturated rings. The van der Waals surface area contributed by atoms with Gasteiger partial charge in [0.1, 0.15) is 0 Å². The van der Waals surface area contributed by atoms with Crippen LogP contribution in [0.3, 0.4) is 0 Å². The summed E-state index contributed by atoms with van der Waals surface area (Å²) in [5, 5.41) is 0. The Hall–Kier alpha value is 0.394. The van der Waals surface area contributed by atoms with Crippen LogP contribution in [0.25, 0.3) is 0 Å². The van der Waals surface area contributed by atoms with Gasteiger partial charge in [-0.1, -0.05) is 119 Å². The van der Waals surface area contributed by atoms with Crippen LogP contribution < -0.4 is 0 Å². The summed E-state index contributed by atoms with van der Waals surface area (Å²) in [6, 6.07) is 8.68. The van der Waals surface area contributed by atoms with Gasteiger partial charge >= 0.3 is 0 Å². The summed E-state index contributed by atoms with van der Waals surface area (Å²) in [6.45, 7) is 14.2. The third-order valence-electron chi connectivity index (χ3n) is 6.35. The van der Waals surface area contributed by atoms with Gasteiger partial charge in [-0.15, -0.1) is 0 Å². The van der Waals surface area contributed by atoms with Crippen LogP contribution in [0.15, 0.2) is 0 Å². The summed E-state index contributed by atoms with van der Waals surface area (Å²) in [6.07, 6.45) is 16.4. The van der Waals surface area contributed by atoms with Crippen LogP contribution in [0.5, 0.6) is 0 Å². The summed E-state index contributed by atoms with van der Waals surface area (Å²) >= 11 is 0. The predicted molar refractivity (Wildman–Crippen MR) is 131 cm³/mol. The average Bonchev–Trinajstić information content (AvgIpc) is 2.70. The lowest BCUT2D eigenvalue weighted by Crippen LogP contribution is -2.51. The predicted octanol–water partition coefficient (Wildman–Crippen LogP) is 9.69. The van der Waals surface area contributed by atoms with Crippen molar-refractivity contribution in [3.8, 4) is 0 Å². The molecule has 0 N–H and O–H groups in total. The molecule has 0 amide bonds. The monoisotopic (exact) mass is 414 g/mol. The normalized spacial score (nSPS) is 12.7. The summed E-state index contributed by atoms with van der Waals surface area (Å²) in [7, 11) is -3.16. The largest absolute Gasteiger partial charge is 0.455 e. The third-order valence-corrected chi connectivity index (χ3v) is 17.4. The van der Waals surface area contributed by atoms with E-state index in [-0.39, 0.29) is 0 Å². The van der Waals surface area contributed by atoms with Gasteiger partial charge in [0, 0.05) is 0 Å². The maximum absolute atomic E-state index is 7.72. The van der Waals surface area contributed by atoms with Crippen LogP contribution in [-0.2, 0) is 4.12 Å². The highest BCUT2D eigenvalue weighted by Gasteiger charge is 2.43.